The van der Waals surface area contributed by atoms with Gasteiger partial charge < -0.3 is 4.90 Å². The van der Waals surface area contributed by atoms with Gasteiger partial charge in [0.1, 0.15) is 0 Å². The highest BCUT2D eigenvalue weighted by Crippen LogP contribution is 2.48. The van der Waals surface area contributed by atoms with Crippen molar-refractivity contribution in [3.05, 3.63) is 82.4 Å². The van der Waals surface area contributed by atoms with Crippen LogP contribution in [0.5, 0.6) is 0 Å². The molecule has 1 unspecified atom stereocenters. The second-order valence-electron chi connectivity index (χ2n) is 5.84. The lowest BCUT2D eigenvalue weighted by atomic mass is 9.85. The average molecular weight is 289 g/mol. The lowest BCUT2D eigenvalue weighted by Crippen LogP contribution is -2.28. The summed E-state index contributed by atoms with van der Waals surface area (Å²) in [5.41, 5.74) is 4.48. The molecule has 0 amide bonds. The third kappa shape index (κ3) is 1.66. The van der Waals surface area contributed by atoms with Crippen LogP contribution in [0.25, 0.3) is 10.8 Å². The van der Waals surface area contributed by atoms with Crippen molar-refractivity contribution < 1.29 is 0 Å². The molecule has 3 aliphatic rings. The molecular weight excluding hydrogens is 274 g/mol. The summed E-state index contributed by atoms with van der Waals surface area (Å²) in [5, 5.41) is 2.70. The summed E-state index contributed by atoms with van der Waals surface area (Å²) in [5.74, 6) is 1.50. The summed E-state index contributed by atoms with van der Waals surface area (Å²) in [6.45, 7) is 1.05. The Labute approximate surface area is 128 Å². The lowest BCUT2D eigenvalue weighted by molar-refractivity contribution is 0.365. The highest BCUT2D eigenvalue weighted by Gasteiger charge is 2.34. The minimum Gasteiger partial charge on any atom is -0.359 e. The zero-order valence-corrected chi connectivity index (χ0v) is 12.4. The van der Waals surface area contributed by atoms with Gasteiger partial charge in [0, 0.05) is 23.1 Å². The minimum atomic E-state index is 0.415. The number of thioether (sulfide) groups is 1. The van der Waals surface area contributed by atoms with Gasteiger partial charge in [-0.3, -0.25) is 0 Å². The first-order valence-corrected chi connectivity index (χ1v) is 8.37. The van der Waals surface area contributed by atoms with E-state index < -0.39 is 0 Å². The van der Waals surface area contributed by atoms with Crippen LogP contribution in [0.3, 0.4) is 0 Å². The fraction of sp³-hybridized carbons (Fsp3) is 0.158. The number of rotatable bonds is 0. The van der Waals surface area contributed by atoms with Crippen molar-refractivity contribution in [3.8, 4) is 0 Å². The van der Waals surface area contributed by atoms with Crippen molar-refractivity contribution in [1.82, 2.24) is 4.90 Å². The van der Waals surface area contributed by atoms with Crippen molar-refractivity contribution >= 4 is 22.5 Å². The molecule has 2 heterocycles. The number of fused-ring (bicyclic) bond motifs is 3. The quantitative estimate of drug-likeness (QED) is 0.686. The van der Waals surface area contributed by atoms with Crippen LogP contribution >= 0.6 is 11.8 Å². The Balaban J connectivity index is 1.79. The summed E-state index contributed by atoms with van der Waals surface area (Å²) in [7, 11) is 0. The Morgan fingerprint density at radius 2 is 1.90 bits per heavy atom. The van der Waals surface area contributed by atoms with E-state index in [1.807, 2.05) is 11.8 Å². The summed E-state index contributed by atoms with van der Waals surface area (Å²) < 4.78 is 0. The van der Waals surface area contributed by atoms with Gasteiger partial charge in [-0.15, -0.1) is 11.8 Å². The molecule has 0 spiro atoms. The maximum Gasteiger partial charge on any atom is 0.0687 e. The third-order valence-electron chi connectivity index (χ3n) is 4.63. The first-order chi connectivity index (χ1) is 10.4. The molecule has 5 rings (SSSR count). The van der Waals surface area contributed by atoms with Gasteiger partial charge in [-0.05, 0) is 40.1 Å². The van der Waals surface area contributed by atoms with Crippen LogP contribution in [0.15, 0.2) is 71.3 Å². The van der Waals surface area contributed by atoms with E-state index in [1.54, 1.807) is 0 Å². The highest BCUT2D eigenvalue weighted by atomic mass is 32.2. The number of benzene rings is 2. The molecule has 0 aromatic heterocycles. The summed E-state index contributed by atoms with van der Waals surface area (Å²) in [4.78, 5) is 3.99. The molecule has 1 nitrogen and oxygen atoms in total. The van der Waals surface area contributed by atoms with E-state index in [0.717, 1.165) is 12.4 Å². The Hall–Kier alpha value is -1.93. The van der Waals surface area contributed by atoms with Gasteiger partial charge in [0.25, 0.3) is 0 Å². The minimum absolute atomic E-state index is 0.415. The molecule has 102 valence electrons. The molecule has 2 heteroatoms. The van der Waals surface area contributed by atoms with E-state index >= 15 is 0 Å². The van der Waals surface area contributed by atoms with Gasteiger partial charge >= 0.3 is 0 Å². The summed E-state index contributed by atoms with van der Waals surface area (Å²) in [6.07, 6.45) is 9.00. The molecule has 0 bridgehead atoms. The summed E-state index contributed by atoms with van der Waals surface area (Å²) in [6, 6.07) is 13.5. The topological polar surface area (TPSA) is 3.24 Å². The fourth-order valence-corrected chi connectivity index (χ4v) is 4.76. The predicted molar refractivity (Wildman–Crippen MR) is 90.0 cm³/mol. The van der Waals surface area contributed by atoms with Crippen LogP contribution in [0.4, 0.5) is 0 Å². The lowest BCUT2D eigenvalue weighted by Gasteiger charge is -2.34. The van der Waals surface area contributed by atoms with E-state index in [4.69, 9.17) is 0 Å². The van der Waals surface area contributed by atoms with Crippen LogP contribution in [-0.4, -0.2) is 10.8 Å². The molecule has 0 N–H and O–H groups in total. The van der Waals surface area contributed by atoms with E-state index in [1.165, 1.54) is 32.5 Å². The van der Waals surface area contributed by atoms with Gasteiger partial charge in [0.05, 0.1) is 5.88 Å². The Kier molecular flexibility index (Phi) is 2.39. The van der Waals surface area contributed by atoms with Crippen molar-refractivity contribution in [2.45, 2.75) is 12.5 Å². The molecular formula is C19H15NS. The first kappa shape index (κ1) is 11.7. The van der Waals surface area contributed by atoms with Crippen molar-refractivity contribution in [2.24, 2.45) is 0 Å². The van der Waals surface area contributed by atoms with Crippen LogP contribution < -0.4 is 0 Å². The van der Waals surface area contributed by atoms with E-state index in [2.05, 4.69) is 65.6 Å². The van der Waals surface area contributed by atoms with E-state index in [0.29, 0.717) is 5.92 Å². The van der Waals surface area contributed by atoms with Gasteiger partial charge in [-0.25, -0.2) is 0 Å². The molecule has 2 aromatic carbocycles. The van der Waals surface area contributed by atoms with E-state index in [9.17, 15) is 0 Å². The molecule has 0 radical (unpaired) electrons. The van der Waals surface area contributed by atoms with Gasteiger partial charge in [0.15, 0.2) is 0 Å². The van der Waals surface area contributed by atoms with Gasteiger partial charge in [0.2, 0.25) is 0 Å². The van der Waals surface area contributed by atoms with Crippen molar-refractivity contribution in [3.63, 3.8) is 0 Å². The third-order valence-corrected chi connectivity index (χ3v) is 5.73. The SMILES string of the molecule is C1=CC2=C3C(C=C1)c1cc4ccccc4cc1CN3CS2. The normalized spacial score (nSPS) is 22.5. The highest BCUT2D eigenvalue weighted by molar-refractivity contribution is 8.03. The monoisotopic (exact) mass is 289 g/mol. The Morgan fingerprint density at radius 1 is 1.05 bits per heavy atom. The second kappa shape index (κ2) is 4.28. The summed E-state index contributed by atoms with van der Waals surface area (Å²) >= 11 is 1.97. The molecule has 0 fully saturated rings. The predicted octanol–water partition coefficient (Wildman–Crippen LogP) is 4.78. The number of nitrogens with zero attached hydrogens (tertiary/aromatic N) is 1. The molecule has 0 saturated carbocycles. The molecule has 0 saturated heterocycles. The zero-order valence-electron chi connectivity index (χ0n) is 11.6. The zero-order chi connectivity index (χ0) is 13.8. The maximum atomic E-state index is 2.54. The largest absolute Gasteiger partial charge is 0.359 e. The van der Waals surface area contributed by atoms with Crippen molar-refractivity contribution in [2.75, 3.05) is 5.88 Å². The molecule has 1 atom stereocenters. The van der Waals surface area contributed by atoms with Crippen LogP contribution in [0.2, 0.25) is 0 Å². The van der Waals surface area contributed by atoms with Gasteiger partial charge in [-0.2, -0.15) is 0 Å². The van der Waals surface area contributed by atoms with Crippen LogP contribution in [0, 0.1) is 0 Å². The number of hydrogen-bond acceptors (Lipinski definition) is 2. The maximum absolute atomic E-state index is 2.54. The van der Waals surface area contributed by atoms with E-state index in [-0.39, 0.29) is 0 Å². The number of hydrogen-bond donors (Lipinski definition) is 0. The number of allylic oxidation sites excluding steroid dienone is 4. The standard InChI is InChI=1S/C19H15NS/c1-2-6-14-10-17-15(9-13(14)5-1)11-20-12-21-18-8-4-3-7-16(17)19(18)20/h1-10,16H,11-12H2. The van der Waals surface area contributed by atoms with Crippen LogP contribution in [-0.2, 0) is 6.54 Å². The smallest absolute Gasteiger partial charge is 0.0687 e. The average Bonchev–Trinajstić information content (AvgIpc) is 2.78. The van der Waals surface area contributed by atoms with Gasteiger partial charge in [-0.1, -0.05) is 42.5 Å². The molecule has 2 aliphatic heterocycles. The first-order valence-electron chi connectivity index (χ1n) is 7.38. The molecule has 1 aliphatic carbocycles. The van der Waals surface area contributed by atoms with Crippen molar-refractivity contribution in [1.29, 1.82) is 0 Å². The Morgan fingerprint density at radius 3 is 2.81 bits per heavy atom. The molecule has 21 heavy (non-hydrogen) atoms. The Bertz CT molecular complexity index is 844. The molecule has 2 aromatic rings. The van der Waals surface area contributed by atoms with Crippen LogP contribution in [0.1, 0.15) is 17.0 Å². The fourth-order valence-electron chi connectivity index (χ4n) is 3.66. The second-order valence-corrected chi connectivity index (χ2v) is 6.83.